The summed E-state index contributed by atoms with van der Waals surface area (Å²) in [5.74, 6) is -1.32. The molecule has 84 valence electrons. The Bertz CT molecular complexity index is 272. The third kappa shape index (κ3) is 3.36. The van der Waals surface area contributed by atoms with Crippen molar-refractivity contribution in [1.29, 1.82) is 0 Å². The van der Waals surface area contributed by atoms with Gasteiger partial charge in [0.1, 0.15) is 0 Å². The summed E-state index contributed by atoms with van der Waals surface area (Å²) in [4.78, 5) is 22.3. The molecular weight excluding hydrogens is 196 g/mol. The standard InChI is InChI=1S/C10H16N2O3/c1-2-5-11-8(14)9(15)12-6-10(7-13)3-4-10/h2,13H,1,3-7H2,(H,11,14)(H,12,15). The Kier molecular flexibility index (Phi) is 3.85. The Morgan fingerprint density at radius 1 is 1.33 bits per heavy atom. The highest BCUT2D eigenvalue weighted by Gasteiger charge is 2.42. The van der Waals surface area contributed by atoms with Gasteiger partial charge in [-0.1, -0.05) is 6.08 Å². The number of amides is 2. The summed E-state index contributed by atoms with van der Waals surface area (Å²) in [6, 6.07) is 0. The SMILES string of the molecule is C=CCNC(=O)C(=O)NCC1(CO)CC1. The minimum atomic E-state index is -0.663. The maximum Gasteiger partial charge on any atom is 0.309 e. The number of carbonyl (C=O) groups is 2. The molecule has 0 aromatic heterocycles. The summed E-state index contributed by atoms with van der Waals surface area (Å²) in [6.45, 7) is 4.12. The van der Waals surface area contributed by atoms with E-state index in [2.05, 4.69) is 17.2 Å². The topological polar surface area (TPSA) is 78.4 Å². The van der Waals surface area contributed by atoms with Crippen molar-refractivity contribution in [2.75, 3.05) is 19.7 Å². The molecule has 0 aromatic carbocycles. The van der Waals surface area contributed by atoms with Crippen molar-refractivity contribution in [3.05, 3.63) is 12.7 Å². The van der Waals surface area contributed by atoms with E-state index in [0.717, 1.165) is 12.8 Å². The summed E-state index contributed by atoms with van der Waals surface area (Å²) in [5, 5.41) is 13.9. The van der Waals surface area contributed by atoms with Gasteiger partial charge in [0.05, 0.1) is 6.61 Å². The van der Waals surface area contributed by atoms with Crippen molar-refractivity contribution in [2.24, 2.45) is 5.41 Å². The lowest BCUT2D eigenvalue weighted by atomic mass is 10.1. The lowest BCUT2D eigenvalue weighted by Gasteiger charge is -2.12. The van der Waals surface area contributed by atoms with Gasteiger partial charge in [0.15, 0.2) is 0 Å². The van der Waals surface area contributed by atoms with E-state index in [1.165, 1.54) is 6.08 Å². The highest BCUT2D eigenvalue weighted by molar-refractivity contribution is 6.35. The van der Waals surface area contributed by atoms with Crippen LogP contribution in [0.15, 0.2) is 12.7 Å². The van der Waals surface area contributed by atoms with Crippen molar-refractivity contribution in [3.63, 3.8) is 0 Å². The summed E-state index contributed by atoms with van der Waals surface area (Å²) < 4.78 is 0. The number of rotatable bonds is 5. The summed E-state index contributed by atoms with van der Waals surface area (Å²) >= 11 is 0. The van der Waals surface area contributed by atoms with E-state index in [1.54, 1.807) is 0 Å². The quantitative estimate of drug-likeness (QED) is 0.411. The van der Waals surface area contributed by atoms with E-state index in [1.807, 2.05) is 0 Å². The van der Waals surface area contributed by atoms with E-state index in [9.17, 15) is 9.59 Å². The highest BCUT2D eigenvalue weighted by Crippen LogP contribution is 2.44. The Morgan fingerprint density at radius 2 is 1.93 bits per heavy atom. The monoisotopic (exact) mass is 212 g/mol. The van der Waals surface area contributed by atoms with Crippen molar-refractivity contribution >= 4 is 11.8 Å². The molecule has 1 fully saturated rings. The maximum absolute atomic E-state index is 11.2. The summed E-state index contributed by atoms with van der Waals surface area (Å²) in [5.41, 5.74) is -0.172. The van der Waals surface area contributed by atoms with Crippen LogP contribution in [0.4, 0.5) is 0 Å². The molecule has 1 aliphatic carbocycles. The van der Waals surface area contributed by atoms with Crippen LogP contribution in [0.2, 0.25) is 0 Å². The molecule has 1 rings (SSSR count). The minimum absolute atomic E-state index is 0.0571. The fourth-order valence-electron chi connectivity index (χ4n) is 1.16. The number of carbonyl (C=O) groups excluding carboxylic acids is 2. The minimum Gasteiger partial charge on any atom is -0.396 e. The van der Waals surface area contributed by atoms with Gasteiger partial charge in [0.2, 0.25) is 0 Å². The fraction of sp³-hybridized carbons (Fsp3) is 0.600. The zero-order valence-corrected chi connectivity index (χ0v) is 8.58. The second kappa shape index (κ2) is 4.93. The Balaban J connectivity index is 2.23. The van der Waals surface area contributed by atoms with E-state index in [-0.39, 0.29) is 18.6 Å². The van der Waals surface area contributed by atoms with Gasteiger partial charge < -0.3 is 15.7 Å². The van der Waals surface area contributed by atoms with Crippen LogP contribution >= 0.6 is 0 Å². The molecule has 0 atom stereocenters. The van der Waals surface area contributed by atoms with Gasteiger partial charge in [-0.05, 0) is 12.8 Å². The molecule has 1 saturated carbocycles. The first-order chi connectivity index (χ1) is 7.13. The lowest BCUT2D eigenvalue weighted by molar-refractivity contribution is -0.139. The van der Waals surface area contributed by atoms with Crippen LogP contribution in [-0.4, -0.2) is 36.6 Å². The van der Waals surface area contributed by atoms with Gasteiger partial charge in [-0.15, -0.1) is 6.58 Å². The summed E-state index contributed by atoms with van der Waals surface area (Å²) in [6.07, 6.45) is 3.30. The van der Waals surface area contributed by atoms with Gasteiger partial charge in [-0.2, -0.15) is 0 Å². The molecule has 5 nitrogen and oxygen atoms in total. The van der Waals surface area contributed by atoms with Crippen LogP contribution in [0.25, 0.3) is 0 Å². The average Bonchev–Trinajstić information content (AvgIpc) is 3.03. The average molecular weight is 212 g/mol. The van der Waals surface area contributed by atoms with E-state index < -0.39 is 11.8 Å². The molecule has 0 bridgehead atoms. The van der Waals surface area contributed by atoms with Crippen molar-refractivity contribution < 1.29 is 14.7 Å². The van der Waals surface area contributed by atoms with Crippen LogP contribution in [0.1, 0.15) is 12.8 Å². The lowest BCUT2D eigenvalue weighted by Crippen LogP contribution is -2.42. The number of aliphatic hydroxyl groups excluding tert-OH is 1. The molecule has 5 heteroatoms. The number of hydrogen-bond donors (Lipinski definition) is 3. The number of aliphatic hydroxyl groups is 1. The van der Waals surface area contributed by atoms with E-state index in [0.29, 0.717) is 6.54 Å². The van der Waals surface area contributed by atoms with Gasteiger partial charge in [-0.3, -0.25) is 9.59 Å². The van der Waals surface area contributed by atoms with Crippen LogP contribution in [-0.2, 0) is 9.59 Å². The van der Waals surface area contributed by atoms with Gasteiger partial charge >= 0.3 is 11.8 Å². The molecule has 0 unspecified atom stereocenters. The Hall–Kier alpha value is -1.36. The first kappa shape index (κ1) is 11.7. The smallest absolute Gasteiger partial charge is 0.309 e. The second-order valence-corrected chi connectivity index (χ2v) is 3.84. The molecule has 0 spiro atoms. The maximum atomic E-state index is 11.2. The Labute approximate surface area is 88.5 Å². The molecule has 3 N–H and O–H groups in total. The molecule has 0 saturated heterocycles. The van der Waals surface area contributed by atoms with Gasteiger partial charge in [0.25, 0.3) is 0 Å². The molecule has 1 aliphatic rings. The van der Waals surface area contributed by atoms with Crippen LogP contribution in [0.5, 0.6) is 0 Å². The van der Waals surface area contributed by atoms with Gasteiger partial charge in [0, 0.05) is 18.5 Å². The van der Waals surface area contributed by atoms with Crippen LogP contribution in [0, 0.1) is 5.41 Å². The fourth-order valence-corrected chi connectivity index (χ4v) is 1.16. The van der Waals surface area contributed by atoms with Crippen LogP contribution in [0.3, 0.4) is 0 Å². The third-order valence-electron chi connectivity index (χ3n) is 2.53. The molecule has 2 amide bonds. The van der Waals surface area contributed by atoms with Crippen molar-refractivity contribution in [1.82, 2.24) is 10.6 Å². The molecule has 0 aromatic rings. The number of nitrogens with one attached hydrogen (secondary N) is 2. The molecule has 0 aliphatic heterocycles. The largest absolute Gasteiger partial charge is 0.396 e. The van der Waals surface area contributed by atoms with E-state index in [4.69, 9.17) is 5.11 Å². The highest BCUT2D eigenvalue weighted by atomic mass is 16.3. The first-order valence-corrected chi connectivity index (χ1v) is 4.91. The molecule has 15 heavy (non-hydrogen) atoms. The van der Waals surface area contributed by atoms with Crippen molar-refractivity contribution in [2.45, 2.75) is 12.8 Å². The first-order valence-electron chi connectivity index (χ1n) is 4.91. The normalized spacial score (nSPS) is 16.6. The van der Waals surface area contributed by atoms with Crippen molar-refractivity contribution in [3.8, 4) is 0 Å². The van der Waals surface area contributed by atoms with E-state index >= 15 is 0 Å². The number of hydrogen-bond acceptors (Lipinski definition) is 3. The Morgan fingerprint density at radius 3 is 2.40 bits per heavy atom. The zero-order valence-electron chi connectivity index (χ0n) is 8.58. The summed E-state index contributed by atoms with van der Waals surface area (Å²) in [7, 11) is 0. The molecule has 0 radical (unpaired) electrons. The third-order valence-corrected chi connectivity index (χ3v) is 2.53. The second-order valence-electron chi connectivity index (χ2n) is 3.84. The molecule has 0 heterocycles. The predicted molar refractivity (Wildman–Crippen MR) is 55.0 cm³/mol. The zero-order chi connectivity index (χ0) is 11.3. The van der Waals surface area contributed by atoms with Gasteiger partial charge in [-0.25, -0.2) is 0 Å². The molecular formula is C10H16N2O3. The predicted octanol–water partition coefficient (Wildman–Crippen LogP) is -0.823. The van der Waals surface area contributed by atoms with Crippen LogP contribution < -0.4 is 10.6 Å².